The number of carbonyl (C=O) groups is 2. The fraction of sp³-hybridized carbons (Fsp3) is 0.238. The Kier molecular flexibility index (Phi) is 4.22. The van der Waals surface area contributed by atoms with E-state index in [9.17, 15) is 9.59 Å². The molecule has 1 aromatic heterocycles. The summed E-state index contributed by atoms with van der Waals surface area (Å²) in [5.74, 6) is 0.508. The number of urea groups is 1. The van der Waals surface area contributed by atoms with Gasteiger partial charge in [0.25, 0.3) is 0 Å². The molecule has 2 aliphatic heterocycles. The SMILES string of the molecule is O=C1CC2(CN(C(=O)NCc3ccc4[nH]c(Cl)cc4c3)C2)Oc2cc(Cl)ccc21. The monoisotopic (exact) mass is 429 g/mol. The van der Waals surface area contributed by atoms with Gasteiger partial charge in [0, 0.05) is 22.5 Å². The number of hydrogen-bond donors (Lipinski definition) is 2. The number of hydrogen-bond acceptors (Lipinski definition) is 3. The van der Waals surface area contributed by atoms with E-state index in [0.717, 1.165) is 16.5 Å². The topological polar surface area (TPSA) is 74.4 Å². The van der Waals surface area contributed by atoms with Gasteiger partial charge in [0.1, 0.15) is 10.9 Å². The first-order valence-corrected chi connectivity index (χ1v) is 9.98. The summed E-state index contributed by atoms with van der Waals surface area (Å²) in [6.45, 7) is 1.13. The first-order chi connectivity index (χ1) is 13.9. The lowest BCUT2D eigenvalue weighted by atomic mass is 9.84. The molecule has 2 aromatic carbocycles. The van der Waals surface area contributed by atoms with Crippen LogP contribution in [-0.4, -0.2) is 40.4 Å². The Morgan fingerprint density at radius 1 is 1.17 bits per heavy atom. The van der Waals surface area contributed by atoms with E-state index in [1.54, 1.807) is 23.1 Å². The number of rotatable bonds is 2. The Morgan fingerprint density at radius 3 is 2.83 bits per heavy atom. The number of H-pyrrole nitrogens is 1. The fourth-order valence-electron chi connectivity index (χ4n) is 3.98. The lowest BCUT2D eigenvalue weighted by molar-refractivity contribution is -0.0596. The number of aromatic nitrogens is 1. The lowest BCUT2D eigenvalue weighted by Gasteiger charge is -2.50. The van der Waals surface area contributed by atoms with Crippen molar-refractivity contribution in [2.75, 3.05) is 13.1 Å². The molecule has 0 atom stereocenters. The van der Waals surface area contributed by atoms with Crippen molar-refractivity contribution >= 4 is 45.9 Å². The van der Waals surface area contributed by atoms with E-state index >= 15 is 0 Å². The molecule has 29 heavy (non-hydrogen) atoms. The van der Waals surface area contributed by atoms with Crippen molar-refractivity contribution in [3.63, 3.8) is 0 Å². The number of Topliss-reactive ketones (excluding diaryl/α,β-unsaturated/α-hetero) is 1. The van der Waals surface area contributed by atoms with E-state index in [1.807, 2.05) is 24.3 Å². The minimum Gasteiger partial charge on any atom is -0.482 e. The van der Waals surface area contributed by atoms with Crippen LogP contribution in [0, 0.1) is 0 Å². The van der Waals surface area contributed by atoms with Crippen LogP contribution in [0.4, 0.5) is 4.79 Å². The summed E-state index contributed by atoms with van der Waals surface area (Å²) in [4.78, 5) is 29.6. The number of halogens is 2. The van der Waals surface area contributed by atoms with Gasteiger partial charge in [-0.05, 0) is 42.0 Å². The van der Waals surface area contributed by atoms with Crippen LogP contribution in [0.2, 0.25) is 10.2 Å². The molecule has 0 aliphatic carbocycles. The van der Waals surface area contributed by atoms with Crippen LogP contribution < -0.4 is 10.1 Å². The van der Waals surface area contributed by atoms with Gasteiger partial charge < -0.3 is 19.9 Å². The zero-order valence-corrected chi connectivity index (χ0v) is 16.8. The van der Waals surface area contributed by atoms with Crippen LogP contribution >= 0.6 is 23.2 Å². The normalized spacial score (nSPS) is 17.0. The van der Waals surface area contributed by atoms with Gasteiger partial charge in [0.15, 0.2) is 11.4 Å². The molecule has 2 aliphatic rings. The Hall–Kier alpha value is -2.70. The Morgan fingerprint density at radius 2 is 2.00 bits per heavy atom. The number of carbonyl (C=O) groups excluding carboxylic acids is 2. The molecule has 1 fully saturated rings. The number of nitrogens with one attached hydrogen (secondary N) is 2. The second-order valence-electron chi connectivity index (χ2n) is 7.58. The van der Waals surface area contributed by atoms with Crippen LogP contribution in [0.5, 0.6) is 5.75 Å². The molecule has 6 nitrogen and oxygen atoms in total. The van der Waals surface area contributed by atoms with E-state index in [1.165, 1.54) is 0 Å². The van der Waals surface area contributed by atoms with Crippen molar-refractivity contribution in [1.82, 2.24) is 15.2 Å². The molecule has 0 unspecified atom stereocenters. The number of nitrogens with zero attached hydrogens (tertiary/aromatic N) is 1. The van der Waals surface area contributed by atoms with Gasteiger partial charge in [-0.25, -0.2) is 4.79 Å². The quantitative estimate of drug-likeness (QED) is 0.633. The highest BCUT2D eigenvalue weighted by atomic mass is 35.5. The molecule has 5 rings (SSSR count). The molecule has 3 aromatic rings. The smallest absolute Gasteiger partial charge is 0.317 e. The van der Waals surface area contributed by atoms with Crippen molar-refractivity contribution in [3.05, 3.63) is 63.8 Å². The summed E-state index contributed by atoms with van der Waals surface area (Å²) in [7, 11) is 0. The fourth-order valence-corrected chi connectivity index (χ4v) is 4.37. The van der Waals surface area contributed by atoms with Gasteiger partial charge in [0.05, 0.1) is 25.1 Å². The summed E-state index contributed by atoms with van der Waals surface area (Å²) in [5.41, 5.74) is 1.81. The number of aromatic amines is 1. The maximum absolute atomic E-state index is 12.5. The third kappa shape index (κ3) is 3.32. The molecule has 0 radical (unpaired) electrons. The van der Waals surface area contributed by atoms with Crippen molar-refractivity contribution < 1.29 is 14.3 Å². The summed E-state index contributed by atoms with van der Waals surface area (Å²) in [5, 5.41) is 5.01. The Bertz CT molecular complexity index is 1150. The van der Waals surface area contributed by atoms with Crippen LogP contribution in [0.1, 0.15) is 22.3 Å². The third-order valence-corrected chi connectivity index (χ3v) is 5.83. The van der Waals surface area contributed by atoms with Gasteiger partial charge in [0.2, 0.25) is 0 Å². The molecule has 0 bridgehead atoms. The van der Waals surface area contributed by atoms with Gasteiger partial charge in [-0.2, -0.15) is 0 Å². The molecule has 2 amide bonds. The van der Waals surface area contributed by atoms with Gasteiger partial charge in [-0.3, -0.25) is 4.79 Å². The maximum Gasteiger partial charge on any atom is 0.317 e. The predicted molar refractivity (Wildman–Crippen MR) is 111 cm³/mol. The minimum atomic E-state index is -0.660. The van der Waals surface area contributed by atoms with Crippen LogP contribution in [0.25, 0.3) is 10.9 Å². The highest BCUT2D eigenvalue weighted by Gasteiger charge is 2.51. The number of likely N-dealkylation sites (tertiary alicyclic amines) is 1. The summed E-state index contributed by atoms with van der Waals surface area (Å²) in [6.07, 6.45) is 0.260. The summed E-state index contributed by atoms with van der Waals surface area (Å²) < 4.78 is 6.06. The molecule has 2 N–H and O–H groups in total. The Balaban J connectivity index is 1.21. The van der Waals surface area contributed by atoms with Gasteiger partial charge in [-0.15, -0.1) is 0 Å². The minimum absolute atomic E-state index is 0.0152. The molecule has 1 spiro atoms. The van der Waals surface area contributed by atoms with E-state index < -0.39 is 5.60 Å². The zero-order chi connectivity index (χ0) is 20.2. The third-order valence-electron chi connectivity index (χ3n) is 5.39. The summed E-state index contributed by atoms with van der Waals surface area (Å²) >= 11 is 12.0. The average Bonchev–Trinajstić information content (AvgIpc) is 3.02. The highest BCUT2D eigenvalue weighted by molar-refractivity contribution is 6.31. The Labute approximate surface area is 176 Å². The molecular formula is C21H17Cl2N3O3. The second kappa shape index (κ2) is 6.68. The number of amides is 2. The van der Waals surface area contributed by atoms with Crippen molar-refractivity contribution in [1.29, 1.82) is 0 Å². The molecular weight excluding hydrogens is 413 g/mol. The number of fused-ring (bicyclic) bond motifs is 2. The molecule has 1 saturated heterocycles. The average molecular weight is 430 g/mol. The lowest BCUT2D eigenvalue weighted by Crippen LogP contribution is -2.69. The van der Waals surface area contributed by atoms with Crippen LogP contribution in [0.15, 0.2) is 42.5 Å². The van der Waals surface area contributed by atoms with Crippen LogP contribution in [0.3, 0.4) is 0 Å². The standard InChI is InChI=1S/C21H17Cl2N3O3/c22-14-2-3-15-17(27)8-21(29-18(15)7-14)10-26(11-21)20(28)24-9-12-1-4-16-13(5-12)6-19(23)25-16/h1-7,25H,8-11H2,(H,24,28). The van der Waals surface area contributed by atoms with E-state index in [2.05, 4.69) is 10.3 Å². The van der Waals surface area contributed by atoms with E-state index in [4.69, 9.17) is 27.9 Å². The number of ketones is 1. The van der Waals surface area contributed by atoms with Crippen molar-refractivity contribution in [2.24, 2.45) is 0 Å². The highest BCUT2D eigenvalue weighted by Crippen LogP contribution is 2.39. The van der Waals surface area contributed by atoms with E-state index in [-0.39, 0.29) is 18.2 Å². The number of ether oxygens (including phenoxy) is 1. The van der Waals surface area contributed by atoms with E-state index in [0.29, 0.717) is 41.1 Å². The van der Waals surface area contributed by atoms with Gasteiger partial charge in [-0.1, -0.05) is 29.3 Å². The second-order valence-corrected chi connectivity index (χ2v) is 8.42. The van der Waals surface area contributed by atoms with Crippen LogP contribution in [-0.2, 0) is 6.54 Å². The van der Waals surface area contributed by atoms with Crippen molar-refractivity contribution in [2.45, 2.75) is 18.6 Å². The first-order valence-electron chi connectivity index (χ1n) is 9.23. The van der Waals surface area contributed by atoms with Gasteiger partial charge >= 0.3 is 6.03 Å². The molecule has 0 saturated carbocycles. The molecule has 3 heterocycles. The van der Waals surface area contributed by atoms with Crippen molar-refractivity contribution in [3.8, 4) is 5.75 Å². The maximum atomic E-state index is 12.5. The first kappa shape index (κ1) is 18.3. The molecule has 8 heteroatoms. The number of benzene rings is 2. The summed E-state index contributed by atoms with van der Waals surface area (Å²) in [6, 6.07) is 12.5. The molecule has 148 valence electrons. The zero-order valence-electron chi connectivity index (χ0n) is 15.3. The predicted octanol–water partition coefficient (Wildman–Crippen LogP) is 4.40. The largest absolute Gasteiger partial charge is 0.482 e.